The molecule has 0 radical (unpaired) electrons. The topological polar surface area (TPSA) is 43.0 Å². The third-order valence-electron chi connectivity index (χ3n) is 3.65. The summed E-state index contributed by atoms with van der Waals surface area (Å²) in [4.78, 5) is 0. The fraction of sp³-hybridized carbons (Fsp3) is 0.533. The van der Waals surface area contributed by atoms with Crippen molar-refractivity contribution in [2.75, 3.05) is 0 Å². The average molecular weight is 329 g/mol. The molecular formula is C15H21F2N3OS. The van der Waals surface area contributed by atoms with E-state index in [-0.39, 0.29) is 11.8 Å². The summed E-state index contributed by atoms with van der Waals surface area (Å²) in [5.41, 5.74) is 3.32. The van der Waals surface area contributed by atoms with Crippen LogP contribution in [0.3, 0.4) is 0 Å². The van der Waals surface area contributed by atoms with Crippen LogP contribution in [0, 0.1) is 13.8 Å². The highest BCUT2D eigenvalue weighted by Crippen LogP contribution is 2.23. The monoisotopic (exact) mass is 329 g/mol. The molecule has 0 aliphatic heterocycles. The van der Waals surface area contributed by atoms with Gasteiger partial charge in [-0.15, -0.1) is 0 Å². The third kappa shape index (κ3) is 4.10. The first-order chi connectivity index (χ1) is 10.4. The van der Waals surface area contributed by atoms with Gasteiger partial charge in [-0.25, -0.2) is 0 Å². The number of halogens is 2. The van der Waals surface area contributed by atoms with Gasteiger partial charge in [-0.05, 0) is 32.9 Å². The molecule has 1 unspecified atom stereocenters. The molecule has 0 saturated heterocycles. The summed E-state index contributed by atoms with van der Waals surface area (Å²) in [6.07, 6.45) is 0. The maximum atomic E-state index is 12.1. The van der Waals surface area contributed by atoms with Gasteiger partial charge in [-0.1, -0.05) is 11.8 Å². The Balaban J connectivity index is 1.92. The van der Waals surface area contributed by atoms with E-state index in [2.05, 4.69) is 17.3 Å². The minimum Gasteiger partial charge on any atom is -0.464 e. The van der Waals surface area contributed by atoms with Gasteiger partial charge < -0.3 is 9.73 Å². The van der Waals surface area contributed by atoms with Crippen LogP contribution in [0.2, 0.25) is 0 Å². The number of hydrogen-bond donors (Lipinski definition) is 1. The largest absolute Gasteiger partial charge is 0.464 e. The fourth-order valence-corrected chi connectivity index (χ4v) is 2.96. The van der Waals surface area contributed by atoms with Crippen molar-refractivity contribution in [1.29, 1.82) is 0 Å². The number of rotatable bonds is 7. The van der Waals surface area contributed by atoms with Crippen molar-refractivity contribution in [3.05, 3.63) is 40.6 Å². The molecule has 0 amide bonds. The second-order valence-corrected chi connectivity index (χ2v) is 6.23. The first-order valence-corrected chi connectivity index (χ1v) is 8.14. The van der Waals surface area contributed by atoms with Crippen LogP contribution in [-0.2, 0) is 19.3 Å². The Bertz CT molecular complexity index is 624. The molecule has 0 aromatic carbocycles. The number of nitrogens with one attached hydrogen (secondary N) is 1. The molecule has 0 bridgehead atoms. The SMILES string of the molecule is Cc1nn(C)c(C)c1C(C)NCc1ccc(CSC(F)F)o1. The van der Waals surface area contributed by atoms with Crippen molar-refractivity contribution in [3.63, 3.8) is 0 Å². The van der Waals surface area contributed by atoms with Crippen LogP contribution < -0.4 is 5.32 Å². The van der Waals surface area contributed by atoms with Gasteiger partial charge in [0.1, 0.15) is 11.5 Å². The lowest BCUT2D eigenvalue weighted by atomic mass is 10.1. The summed E-state index contributed by atoms with van der Waals surface area (Å²) in [5.74, 6) is -0.865. The van der Waals surface area contributed by atoms with Gasteiger partial charge in [0.2, 0.25) is 0 Å². The Kier molecular flexibility index (Phi) is 5.63. The molecule has 0 spiro atoms. The van der Waals surface area contributed by atoms with Crippen LogP contribution in [0.25, 0.3) is 0 Å². The highest BCUT2D eigenvalue weighted by atomic mass is 32.2. The van der Waals surface area contributed by atoms with Crippen LogP contribution >= 0.6 is 11.8 Å². The lowest BCUT2D eigenvalue weighted by Gasteiger charge is -2.13. The number of aryl methyl sites for hydroxylation is 2. The Labute approximate surface area is 133 Å². The molecule has 2 aromatic rings. The second kappa shape index (κ2) is 7.28. The van der Waals surface area contributed by atoms with E-state index >= 15 is 0 Å². The number of aromatic nitrogens is 2. The molecule has 1 atom stereocenters. The molecule has 2 aromatic heterocycles. The lowest BCUT2D eigenvalue weighted by Crippen LogP contribution is -2.19. The van der Waals surface area contributed by atoms with Crippen molar-refractivity contribution >= 4 is 11.8 Å². The summed E-state index contributed by atoms with van der Waals surface area (Å²) in [5, 5.41) is 7.80. The molecular weight excluding hydrogens is 308 g/mol. The number of furan rings is 1. The minimum absolute atomic E-state index is 0.137. The second-order valence-electron chi connectivity index (χ2n) is 5.25. The molecule has 4 nitrogen and oxygen atoms in total. The molecule has 2 rings (SSSR count). The Morgan fingerprint density at radius 3 is 2.59 bits per heavy atom. The zero-order chi connectivity index (χ0) is 16.3. The first-order valence-electron chi connectivity index (χ1n) is 7.09. The van der Waals surface area contributed by atoms with E-state index < -0.39 is 5.76 Å². The molecule has 7 heteroatoms. The van der Waals surface area contributed by atoms with Gasteiger partial charge >= 0.3 is 0 Å². The highest BCUT2D eigenvalue weighted by molar-refractivity contribution is 7.98. The summed E-state index contributed by atoms with van der Waals surface area (Å²) in [7, 11) is 1.93. The summed E-state index contributed by atoms with van der Waals surface area (Å²) in [6, 6.07) is 3.71. The molecule has 22 heavy (non-hydrogen) atoms. The molecule has 1 N–H and O–H groups in total. The minimum atomic E-state index is -2.37. The zero-order valence-corrected chi connectivity index (χ0v) is 14.0. The third-order valence-corrected chi connectivity index (χ3v) is 4.35. The summed E-state index contributed by atoms with van der Waals surface area (Å²) >= 11 is 0.567. The smallest absolute Gasteiger partial charge is 0.284 e. The van der Waals surface area contributed by atoms with E-state index in [1.807, 2.05) is 31.6 Å². The van der Waals surface area contributed by atoms with E-state index in [1.54, 1.807) is 6.07 Å². The van der Waals surface area contributed by atoms with Crippen LogP contribution in [0.5, 0.6) is 0 Å². The standard InChI is InChI=1S/C15H21F2N3OS/c1-9(14-10(2)19-20(4)11(14)3)18-7-12-5-6-13(21-12)8-22-15(16)17/h5-6,9,15,18H,7-8H2,1-4H3. The van der Waals surface area contributed by atoms with E-state index in [0.29, 0.717) is 24.1 Å². The first kappa shape index (κ1) is 17.0. The lowest BCUT2D eigenvalue weighted by molar-refractivity contribution is 0.251. The number of nitrogens with zero attached hydrogens (tertiary/aromatic N) is 2. The van der Waals surface area contributed by atoms with Crippen LogP contribution in [0.1, 0.15) is 41.4 Å². The maximum Gasteiger partial charge on any atom is 0.284 e. The predicted octanol–water partition coefficient (Wildman–Crippen LogP) is 3.94. The Morgan fingerprint density at radius 1 is 1.32 bits per heavy atom. The Hall–Kier alpha value is -1.34. The van der Waals surface area contributed by atoms with Crippen molar-refractivity contribution in [2.24, 2.45) is 7.05 Å². The van der Waals surface area contributed by atoms with Gasteiger partial charge in [0.25, 0.3) is 5.76 Å². The van der Waals surface area contributed by atoms with E-state index in [1.165, 1.54) is 5.56 Å². The van der Waals surface area contributed by atoms with Gasteiger partial charge in [0.15, 0.2) is 0 Å². The molecule has 0 fully saturated rings. The molecule has 0 aliphatic carbocycles. The fourth-order valence-electron chi connectivity index (χ4n) is 2.51. The quantitative estimate of drug-likeness (QED) is 0.835. The molecule has 122 valence electrons. The normalized spacial score (nSPS) is 13.0. The number of alkyl halides is 2. The van der Waals surface area contributed by atoms with Gasteiger partial charge in [-0.3, -0.25) is 4.68 Å². The van der Waals surface area contributed by atoms with E-state index in [9.17, 15) is 8.78 Å². The molecule has 0 aliphatic rings. The van der Waals surface area contributed by atoms with Gasteiger partial charge in [0, 0.05) is 24.3 Å². The zero-order valence-electron chi connectivity index (χ0n) is 13.2. The average Bonchev–Trinajstić information content (AvgIpc) is 2.99. The summed E-state index contributed by atoms with van der Waals surface area (Å²) in [6.45, 7) is 6.66. The van der Waals surface area contributed by atoms with Crippen molar-refractivity contribution in [2.45, 2.75) is 44.9 Å². The molecule has 2 heterocycles. The highest BCUT2D eigenvalue weighted by Gasteiger charge is 2.16. The Morgan fingerprint density at radius 2 is 2.00 bits per heavy atom. The summed E-state index contributed by atoms with van der Waals surface area (Å²) < 4.78 is 31.7. The van der Waals surface area contributed by atoms with Crippen molar-refractivity contribution in [1.82, 2.24) is 15.1 Å². The predicted molar refractivity (Wildman–Crippen MR) is 83.9 cm³/mol. The van der Waals surface area contributed by atoms with Crippen LogP contribution in [0.4, 0.5) is 8.78 Å². The van der Waals surface area contributed by atoms with Crippen molar-refractivity contribution in [3.8, 4) is 0 Å². The van der Waals surface area contributed by atoms with Gasteiger partial charge in [0.05, 0.1) is 18.0 Å². The van der Waals surface area contributed by atoms with Crippen LogP contribution in [-0.4, -0.2) is 15.5 Å². The maximum absolute atomic E-state index is 12.1. The molecule has 0 saturated carbocycles. The van der Waals surface area contributed by atoms with Gasteiger partial charge in [-0.2, -0.15) is 13.9 Å². The van der Waals surface area contributed by atoms with Crippen molar-refractivity contribution < 1.29 is 13.2 Å². The van der Waals surface area contributed by atoms with Crippen LogP contribution in [0.15, 0.2) is 16.5 Å². The van der Waals surface area contributed by atoms with E-state index in [4.69, 9.17) is 4.42 Å². The number of hydrogen-bond acceptors (Lipinski definition) is 4. The van der Waals surface area contributed by atoms with E-state index in [0.717, 1.165) is 17.1 Å². The number of thioether (sulfide) groups is 1.